The molecule has 2 heterocycles. The lowest BCUT2D eigenvalue weighted by Crippen LogP contribution is -2.48. The van der Waals surface area contributed by atoms with Crippen molar-refractivity contribution in [3.05, 3.63) is 0 Å². The van der Waals surface area contributed by atoms with Crippen molar-refractivity contribution in [2.24, 2.45) is 5.92 Å². The Morgan fingerprint density at radius 1 is 1.00 bits per heavy atom. The molecule has 2 saturated heterocycles. The van der Waals surface area contributed by atoms with Crippen LogP contribution in [0, 0.1) is 5.92 Å². The molecule has 0 aliphatic carbocycles. The summed E-state index contributed by atoms with van der Waals surface area (Å²) in [6, 6.07) is 0.290. The minimum Gasteiger partial charge on any atom is -0.325 e. The summed E-state index contributed by atoms with van der Waals surface area (Å²) < 4.78 is 0. The average Bonchev–Trinajstić information content (AvgIpc) is 2.39. The second-order valence-electron chi connectivity index (χ2n) is 6.02. The SMILES string of the molecule is CN(C)CC1CCN(C(=O)N2CCCCC2)CC1. The summed E-state index contributed by atoms with van der Waals surface area (Å²) in [6.07, 6.45) is 5.98. The summed E-state index contributed by atoms with van der Waals surface area (Å²) >= 11 is 0. The lowest BCUT2D eigenvalue weighted by molar-refractivity contribution is 0.120. The van der Waals surface area contributed by atoms with Crippen LogP contribution in [0.5, 0.6) is 0 Å². The van der Waals surface area contributed by atoms with E-state index in [1.54, 1.807) is 0 Å². The Morgan fingerprint density at radius 3 is 2.11 bits per heavy atom. The zero-order valence-electron chi connectivity index (χ0n) is 11.9. The number of urea groups is 1. The maximum Gasteiger partial charge on any atom is 0.319 e. The highest BCUT2D eigenvalue weighted by molar-refractivity contribution is 5.74. The molecule has 0 radical (unpaired) electrons. The first-order valence-electron chi connectivity index (χ1n) is 7.35. The number of rotatable bonds is 2. The van der Waals surface area contributed by atoms with Crippen molar-refractivity contribution in [2.75, 3.05) is 46.8 Å². The third-order valence-electron chi connectivity index (χ3n) is 4.13. The fourth-order valence-electron chi connectivity index (χ4n) is 3.11. The van der Waals surface area contributed by atoms with Gasteiger partial charge in [0.1, 0.15) is 0 Å². The fraction of sp³-hybridized carbons (Fsp3) is 0.929. The minimum absolute atomic E-state index is 0.290. The molecule has 2 fully saturated rings. The summed E-state index contributed by atoms with van der Waals surface area (Å²) in [5.74, 6) is 0.769. The Morgan fingerprint density at radius 2 is 1.56 bits per heavy atom. The monoisotopic (exact) mass is 253 g/mol. The van der Waals surface area contributed by atoms with Crippen molar-refractivity contribution in [2.45, 2.75) is 32.1 Å². The molecule has 2 aliphatic rings. The number of hydrogen-bond donors (Lipinski definition) is 0. The van der Waals surface area contributed by atoms with Crippen LogP contribution in [-0.2, 0) is 0 Å². The number of likely N-dealkylation sites (tertiary alicyclic amines) is 2. The molecule has 0 atom stereocenters. The van der Waals surface area contributed by atoms with E-state index < -0.39 is 0 Å². The van der Waals surface area contributed by atoms with Crippen molar-refractivity contribution in [3.8, 4) is 0 Å². The minimum atomic E-state index is 0.290. The predicted molar refractivity (Wildman–Crippen MR) is 73.7 cm³/mol. The van der Waals surface area contributed by atoms with Crippen LogP contribution in [0.1, 0.15) is 32.1 Å². The Kier molecular flexibility index (Phi) is 4.87. The second-order valence-corrected chi connectivity index (χ2v) is 6.02. The molecule has 0 aromatic rings. The predicted octanol–water partition coefficient (Wildman–Crippen LogP) is 1.87. The van der Waals surface area contributed by atoms with Crippen molar-refractivity contribution in [1.82, 2.24) is 14.7 Å². The first-order valence-corrected chi connectivity index (χ1v) is 7.35. The van der Waals surface area contributed by atoms with Crippen LogP contribution < -0.4 is 0 Å². The molecule has 0 N–H and O–H groups in total. The topological polar surface area (TPSA) is 26.8 Å². The lowest BCUT2D eigenvalue weighted by Gasteiger charge is -2.37. The molecular formula is C14H27N3O. The molecular weight excluding hydrogens is 226 g/mol. The van der Waals surface area contributed by atoms with Gasteiger partial charge in [-0.2, -0.15) is 0 Å². The maximum absolute atomic E-state index is 12.3. The first kappa shape index (κ1) is 13.7. The number of hydrogen-bond acceptors (Lipinski definition) is 2. The van der Waals surface area contributed by atoms with Crippen LogP contribution in [0.25, 0.3) is 0 Å². The van der Waals surface area contributed by atoms with Gasteiger partial charge in [-0.1, -0.05) is 0 Å². The molecule has 0 saturated carbocycles. The van der Waals surface area contributed by atoms with Gasteiger partial charge in [0.2, 0.25) is 0 Å². The first-order chi connectivity index (χ1) is 8.66. The van der Waals surface area contributed by atoms with Gasteiger partial charge in [-0.15, -0.1) is 0 Å². The molecule has 0 aromatic heterocycles. The molecule has 4 nitrogen and oxygen atoms in total. The highest BCUT2D eigenvalue weighted by Crippen LogP contribution is 2.20. The summed E-state index contributed by atoms with van der Waals surface area (Å²) in [5.41, 5.74) is 0. The summed E-state index contributed by atoms with van der Waals surface area (Å²) in [4.78, 5) is 18.7. The van der Waals surface area contributed by atoms with Gasteiger partial charge < -0.3 is 14.7 Å². The summed E-state index contributed by atoms with van der Waals surface area (Å²) in [6.45, 7) is 5.00. The zero-order chi connectivity index (χ0) is 13.0. The number of carbonyl (C=O) groups excluding carboxylic acids is 1. The van der Waals surface area contributed by atoms with Crippen LogP contribution >= 0.6 is 0 Å². The van der Waals surface area contributed by atoms with E-state index in [2.05, 4.69) is 28.8 Å². The van der Waals surface area contributed by atoms with Crippen molar-refractivity contribution in [3.63, 3.8) is 0 Å². The maximum atomic E-state index is 12.3. The Labute approximate surface area is 111 Å². The van der Waals surface area contributed by atoms with E-state index in [0.717, 1.165) is 51.5 Å². The van der Waals surface area contributed by atoms with Crippen LogP contribution in [-0.4, -0.2) is 67.5 Å². The van der Waals surface area contributed by atoms with Crippen LogP contribution in [0.4, 0.5) is 4.79 Å². The molecule has 0 spiro atoms. The standard InChI is InChI=1S/C14H27N3O/c1-15(2)12-13-6-10-17(11-7-13)14(18)16-8-4-3-5-9-16/h13H,3-12H2,1-2H3. The van der Waals surface area contributed by atoms with E-state index in [1.165, 1.54) is 19.3 Å². The molecule has 0 aromatic carbocycles. The van der Waals surface area contributed by atoms with Gasteiger partial charge in [-0.05, 0) is 52.1 Å². The fourth-order valence-corrected chi connectivity index (χ4v) is 3.11. The smallest absolute Gasteiger partial charge is 0.319 e. The van der Waals surface area contributed by atoms with E-state index in [4.69, 9.17) is 0 Å². The van der Waals surface area contributed by atoms with Gasteiger partial charge in [-0.25, -0.2) is 4.79 Å². The van der Waals surface area contributed by atoms with Crippen LogP contribution in [0.2, 0.25) is 0 Å². The van der Waals surface area contributed by atoms with Gasteiger partial charge in [0.25, 0.3) is 0 Å². The van der Waals surface area contributed by atoms with Crippen molar-refractivity contribution < 1.29 is 4.79 Å². The highest BCUT2D eigenvalue weighted by Gasteiger charge is 2.26. The van der Waals surface area contributed by atoms with Gasteiger partial charge in [0.15, 0.2) is 0 Å². The third-order valence-corrected chi connectivity index (χ3v) is 4.13. The second kappa shape index (κ2) is 6.41. The molecule has 4 heteroatoms. The number of nitrogens with zero attached hydrogens (tertiary/aromatic N) is 3. The van der Waals surface area contributed by atoms with E-state index in [0.29, 0.717) is 0 Å². The van der Waals surface area contributed by atoms with Gasteiger partial charge >= 0.3 is 6.03 Å². The molecule has 2 rings (SSSR count). The van der Waals surface area contributed by atoms with E-state index in [1.807, 2.05) is 0 Å². The molecule has 18 heavy (non-hydrogen) atoms. The quantitative estimate of drug-likeness (QED) is 0.751. The lowest BCUT2D eigenvalue weighted by atomic mass is 9.96. The molecule has 104 valence electrons. The Balaban J connectivity index is 1.76. The molecule has 2 amide bonds. The highest BCUT2D eigenvalue weighted by atomic mass is 16.2. The number of piperidine rings is 2. The van der Waals surface area contributed by atoms with E-state index >= 15 is 0 Å². The van der Waals surface area contributed by atoms with Crippen LogP contribution in [0.3, 0.4) is 0 Å². The molecule has 2 aliphatic heterocycles. The summed E-state index contributed by atoms with van der Waals surface area (Å²) in [7, 11) is 4.26. The van der Waals surface area contributed by atoms with Gasteiger partial charge in [-0.3, -0.25) is 0 Å². The number of amides is 2. The third kappa shape index (κ3) is 3.61. The van der Waals surface area contributed by atoms with E-state index in [-0.39, 0.29) is 6.03 Å². The Hall–Kier alpha value is -0.770. The number of carbonyl (C=O) groups is 1. The van der Waals surface area contributed by atoms with Crippen molar-refractivity contribution >= 4 is 6.03 Å². The summed E-state index contributed by atoms with van der Waals surface area (Å²) in [5, 5.41) is 0. The van der Waals surface area contributed by atoms with Gasteiger partial charge in [0.05, 0.1) is 0 Å². The van der Waals surface area contributed by atoms with Crippen molar-refractivity contribution in [1.29, 1.82) is 0 Å². The van der Waals surface area contributed by atoms with Gasteiger partial charge in [0, 0.05) is 32.7 Å². The molecule has 0 unspecified atom stereocenters. The normalized spacial score (nSPS) is 22.6. The van der Waals surface area contributed by atoms with Crippen LogP contribution in [0.15, 0.2) is 0 Å². The van der Waals surface area contributed by atoms with E-state index in [9.17, 15) is 4.79 Å². The zero-order valence-corrected chi connectivity index (χ0v) is 11.9. The molecule has 0 bridgehead atoms. The Bertz CT molecular complexity index is 266. The average molecular weight is 253 g/mol. The largest absolute Gasteiger partial charge is 0.325 e.